The highest BCUT2D eigenvalue weighted by Crippen LogP contribution is 2.24. The zero-order chi connectivity index (χ0) is 14.5. The minimum absolute atomic E-state index is 0.149. The first-order valence-electron chi connectivity index (χ1n) is 6.50. The van der Waals surface area contributed by atoms with Crippen LogP contribution >= 0.6 is 11.3 Å². The second-order valence-electron chi connectivity index (χ2n) is 4.45. The standard InChI is InChI=1S/C15H17NO3S/c1-4-18-15(17)14-16-13(9-20-14)11-5-7-12(8-6-11)19-10(2)3/h5-10H,4H2,1-3H3. The molecule has 5 heteroatoms. The Labute approximate surface area is 122 Å². The van der Waals surface area contributed by atoms with Gasteiger partial charge in [0.2, 0.25) is 5.01 Å². The molecule has 106 valence electrons. The minimum Gasteiger partial charge on any atom is -0.491 e. The van der Waals surface area contributed by atoms with Gasteiger partial charge in [0, 0.05) is 10.9 Å². The number of hydrogen-bond acceptors (Lipinski definition) is 5. The van der Waals surface area contributed by atoms with Crippen molar-refractivity contribution >= 4 is 17.3 Å². The molecule has 0 bridgehead atoms. The highest BCUT2D eigenvalue weighted by molar-refractivity contribution is 7.11. The van der Waals surface area contributed by atoms with Gasteiger partial charge in [0.25, 0.3) is 0 Å². The van der Waals surface area contributed by atoms with Gasteiger partial charge in [-0.1, -0.05) is 0 Å². The van der Waals surface area contributed by atoms with Gasteiger partial charge < -0.3 is 9.47 Å². The van der Waals surface area contributed by atoms with Crippen LogP contribution in [0.2, 0.25) is 0 Å². The molecule has 2 rings (SSSR count). The average molecular weight is 291 g/mol. The first kappa shape index (κ1) is 14.5. The summed E-state index contributed by atoms with van der Waals surface area (Å²) in [5, 5.41) is 2.23. The number of benzene rings is 1. The quantitative estimate of drug-likeness (QED) is 0.787. The predicted molar refractivity (Wildman–Crippen MR) is 79.3 cm³/mol. The number of esters is 1. The smallest absolute Gasteiger partial charge is 0.367 e. The van der Waals surface area contributed by atoms with Crippen LogP contribution in [0, 0.1) is 0 Å². The Morgan fingerprint density at radius 3 is 2.60 bits per heavy atom. The van der Waals surface area contributed by atoms with Crippen molar-refractivity contribution in [2.45, 2.75) is 26.9 Å². The van der Waals surface area contributed by atoms with Gasteiger partial charge in [-0.3, -0.25) is 0 Å². The van der Waals surface area contributed by atoms with E-state index in [1.54, 1.807) is 6.92 Å². The highest BCUT2D eigenvalue weighted by atomic mass is 32.1. The molecule has 0 fully saturated rings. The van der Waals surface area contributed by atoms with Crippen LogP contribution in [0.3, 0.4) is 0 Å². The Morgan fingerprint density at radius 2 is 2.00 bits per heavy atom. The largest absolute Gasteiger partial charge is 0.491 e. The molecular weight excluding hydrogens is 274 g/mol. The summed E-state index contributed by atoms with van der Waals surface area (Å²) in [5.74, 6) is 0.452. The maximum atomic E-state index is 11.6. The Morgan fingerprint density at radius 1 is 1.30 bits per heavy atom. The van der Waals surface area contributed by atoms with E-state index in [0.29, 0.717) is 11.6 Å². The number of aromatic nitrogens is 1. The van der Waals surface area contributed by atoms with Crippen molar-refractivity contribution in [3.8, 4) is 17.0 Å². The zero-order valence-electron chi connectivity index (χ0n) is 11.8. The number of thiazole rings is 1. The maximum Gasteiger partial charge on any atom is 0.367 e. The van der Waals surface area contributed by atoms with Crippen molar-refractivity contribution in [1.29, 1.82) is 0 Å². The maximum absolute atomic E-state index is 11.6. The molecule has 1 heterocycles. The number of ether oxygens (including phenoxy) is 2. The second-order valence-corrected chi connectivity index (χ2v) is 5.31. The zero-order valence-corrected chi connectivity index (χ0v) is 12.6. The van der Waals surface area contributed by atoms with Gasteiger partial charge in [-0.2, -0.15) is 0 Å². The molecule has 20 heavy (non-hydrogen) atoms. The molecule has 0 saturated heterocycles. The van der Waals surface area contributed by atoms with Crippen molar-refractivity contribution in [1.82, 2.24) is 4.98 Å². The molecule has 0 amide bonds. The van der Waals surface area contributed by atoms with Crippen LogP contribution in [0.4, 0.5) is 0 Å². The second kappa shape index (κ2) is 6.52. The van der Waals surface area contributed by atoms with Crippen LogP contribution in [-0.2, 0) is 4.74 Å². The van der Waals surface area contributed by atoms with Gasteiger partial charge in [0.05, 0.1) is 18.4 Å². The van der Waals surface area contributed by atoms with Crippen LogP contribution < -0.4 is 4.74 Å². The monoisotopic (exact) mass is 291 g/mol. The molecule has 1 aromatic heterocycles. The van der Waals surface area contributed by atoms with Crippen LogP contribution in [0.5, 0.6) is 5.75 Å². The van der Waals surface area contributed by atoms with Crippen LogP contribution in [0.15, 0.2) is 29.6 Å². The third kappa shape index (κ3) is 3.57. The van der Waals surface area contributed by atoms with Gasteiger partial charge in [0.15, 0.2) is 0 Å². The average Bonchev–Trinajstić information content (AvgIpc) is 2.89. The molecule has 0 spiro atoms. The molecule has 1 aromatic carbocycles. The fourth-order valence-corrected chi connectivity index (χ4v) is 2.39. The van der Waals surface area contributed by atoms with Gasteiger partial charge in [-0.25, -0.2) is 9.78 Å². The summed E-state index contributed by atoms with van der Waals surface area (Å²) >= 11 is 1.29. The van der Waals surface area contributed by atoms with E-state index >= 15 is 0 Å². The number of hydrogen-bond donors (Lipinski definition) is 0. The number of nitrogens with zero attached hydrogens (tertiary/aromatic N) is 1. The molecule has 0 radical (unpaired) electrons. The van der Waals surface area contributed by atoms with E-state index in [4.69, 9.17) is 9.47 Å². The van der Waals surface area contributed by atoms with E-state index < -0.39 is 0 Å². The summed E-state index contributed by atoms with van der Waals surface area (Å²) in [7, 11) is 0. The van der Waals surface area contributed by atoms with Gasteiger partial charge in [-0.05, 0) is 45.0 Å². The number of rotatable bonds is 5. The van der Waals surface area contributed by atoms with E-state index in [0.717, 1.165) is 17.0 Å². The van der Waals surface area contributed by atoms with Crippen molar-refractivity contribution in [3.63, 3.8) is 0 Å². The lowest BCUT2D eigenvalue weighted by atomic mass is 10.2. The van der Waals surface area contributed by atoms with Crippen molar-refractivity contribution in [2.75, 3.05) is 6.61 Å². The third-order valence-electron chi connectivity index (χ3n) is 2.48. The van der Waals surface area contributed by atoms with Crippen molar-refractivity contribution in [3.05, 3.63) is 34.7 Å². The molecule has 0 atom stereocenters. The van der Waals surface area contributed by atoms with E-state index in [2.05, 4.69) is 4.98 Å². The van der Waals surface area contributed by atoms with E-state index in [1.165, 1.54) is 11.3 Å². The molecule has 0 aliphatic carbocycles. The SMILES string of the molecule is CCOC(=O)c1nc(-c2ccc(OC(C)C)cc2)cs1. The molecular formula is C15H17NO3S. The molecule has 0 aliphatic rings. The van der Waals surface area contributed by atoms with Gasteiger partial charge in [0.1, 0.15) is 5.75 Å². The lowest BCUT2D eigenvalue weighted by molar-refractivity contribution is 0.0526. The number of carbonyl (C=O) groups excluding carboxylic acids is 1. The summed E-state index contributed by atoms with van der Waals surface area (Å²) in [5.41, 5.74) is 1.72. The molecule has 2 aromatic rings. The van der Waals surface area contributed by atoms with E-state index in [9.17, 15) is 4.79 Å². The first-order chi connectivity index (χ1) is 9.60. The minimum atomic E-state index is -0.372. The molecule has 0 N–H and O–H groups in total. The van der Waals surface area contributed by atoms with Gasteiger partial charge >= 0.3 is 5.97 Å². The summed E-state index contributed by atoms with van der Waals surface area (Å²) in [4.78, 5) is 15.9. The van der Waals surface area contributed by atoms with E-state index in [1.807, 2.05) is 43.5 Å². The normalized spacial score (nSPS) is 10.6. The Hall–Kier alpha value is -1.88. The Balaban J connectivity index is 2.14. The fraction of sp³-hybridized carbons (Fsp3) is 0.333. The highest BCUT2D eigenvalue weighted by Gasteiger charge is 2.12. The molecule has 0 aliphatic heterocycles. The van der Waals surface area contributed by atoms with E-state index in [-0.39, 0.29) is 12.1 Å². The van der Waals surface area contributed by atoms with Crippen molar-refractivity contribution < 1.29 is 14.3 Å². The molecule has 4 nitrogen and oxygen atoms in total. The fourth-order valence-electron chi connectivity index (χ4n) is 1.67. The van der Waals surface area contributed by atoms with Crippen molar-refractivity contribution in [2.24, 2.45) is 0 Å². The molecule has 0 unspecified atom stereocenters. The summed E-state index contributed by atoms with van der Waals surface area (Å²) in [6.45, 7) is 6.11. The number of carbonyl (C=O) groups is 1. The Bertz CT molecular complexity index is 575. The lowest BCUT2D eigenvalue weighted by Gasteiger charge is -2.09. The predicted octanol–water partition coefficient (Wildman–Crippen LogP) is 3.77. The molecule has 0 saturated carbocycles. The summed E-state index contributed by atoms with van der Waals surface area (Å²) in [6.07, 6.45) is 0.149. The summed E-state index contributed by atoms with van der Waals surface area (Å²) in [6, 6.07) is 7.67. The Kier molecular flexibility index (Phi) is 4.74. The van der Waals surface area contributed by atoms with Crippen LogP contribution in [-0.4, -0.2) is 23.7 Å². The van der Waals surface area contributed by atoms with Gasteiger partial charge in [-0.15, -0.1) is 11.3 Å². The third-order valence-corrected chi connectivity index (χ3v) is 3.30. The lowest BCUT2D eigenvalue weighted by Crippen LogP contribution is -2.05. The van der Waals surface area contributed by atoms with Crippen LogP contribution in [0.25, 0.3) is 11.3 Å². The van der Waals surface area contributed by atoms with Crippen LogP contribution in [0.1, 0.15) is 30.6 Å². The first-order valence-corrected chi connectivity index (χ1v) is 7.38. The summed E-state index contributed by atoms with van der Waals surface area (Å²) < 4.78 is 10.5. The topological polar surface area (TPSA) is 48.4 Å².